The van der Waals surface area contributed by atoms with E-state index in [9.17, 15) is 14.4 Å². The SMILES string of the molecule is CC[C@@H](C)C(=O)N[C@H](C(=O)N1CCC[C@H]1C(=O)Nc1ccccc1-c1ccccc1Cl)C1CCCCC1. The van der Waals surface area contributed by atoms with Gasteiger partial charge in [-0.1, -0.05) is 81.1 Å². The molecule has 1 aliphatic carbocycles. The van der Waals surface area contributed by atoms with Crippen molar-refractivity contribution in [3.63, 3.8) is 0 Å². The molecule has 1 saturated heterocycles. The summed E-state index contributed by atoms with van der Waals surface area (Å²) in [6.45, 7) is 4.38. The molecule has 0 radical (unpaired) electrons. The molecule has 198 valence electrons. The van der Waals surface area contributed by atoms with Gasteiger partial charge in [-0.2, -0.15) is 0 Å². The molecule has 2 fully saturated rings. The van der Waals surface area contributed by atoms with E-state index in [0.717, 1.165) is 56.1 Å². The van der Waals surface area contributed by atoms with Gasteiger partial charge in [-0.3, -0.25) is 14.4 Å². The normalized spacial score (nSPS) is 19.8. The van der Waals surface area contributed by atoms with Crippen molar-refractivity contribution in [2.24, 2.45) is 11.8 Å². The number of nitrogens with one attached hydrogen (secondary N) is 2. The number of nitrogens with zero attached hydrogens (tertiary/aromatic N) is 1. The molecule has 2 aromatic carbocycles. The van der Waals surface area contributed by atoms with Crippen LogP contribution in [0.25, 0.3) is 11.1 Å². The quantitative estimate of drug-likeness (QED) is 0.442. The van der Waals surface area contributed by atoms with Gasteiger partial charge in [0, 0.05) is 34.3 Å². The molecule has 37 heavy (non-hydrogen) atoms. The first kappa shape index (κ1) is 27.2. The minimum absolute atomic E-state index is 0.0831. The second-order valence-electron chi connectivity index (χ2n) is 10.4. The van der Waals surface area contributed by atoms with Crippen molar-refractivity contribution in [3.05, 3.63) is 53.6 Å². The third-order valence-electron chi connectivity index (χ3n) is 7.93. The maximum absolute atomic E-state index is 13.9. The Labute approximate surface area is 225 Å². The molecular formula is C30H38ClN3O3. The number of rotatable bonds is 8. The van der Waals surface area contributed by atoms with Gasteiger partial charge in [0.1, 0.15) is 12.1 Å². The maximum Gasteiger partial charge on any atom is 0.247 e. The van der Waals surface area contributed by atoms with Crippen LogP contribution in [-0.4, -0.2) is 41.2 Å². The fourth-order valence-corrected chi connectivity index (χ4v) is 5.77. The van der Waals surface area contributed by atoms with Gasteiger partial charge in [0.2, 0.25) is 17.7 Å². The first-order valence-corrected chi connectivity index (χ1v) is 14.0. The van der Waals surface area contributed by atoms with Crippen LogP contribution < -0.4 is 10.6 Å². The molecule has 1 heterocycles. The van der Waals surface area contributed by atoms with Gasteiger partial charge in [0.25, 0.3) is 0 Å². The number of anilines is 1. The second-order valence-corrected chi connectivity index (χ2v) is 10.8. The summed E-state index contributed by atoms with van der Waals surface area (Å²) >= 11 is 6.44. The average Bonchev–Trinajstić information content (AvgIpc) is 3.42. The van der Waals surface area contributed by atoms with Gasteiger partial charge in [0.15, 0.2) is 0 Å². The molecular weight excluding hydrogens is 486 g/mol. The Balaban J connectivity index is 1.54. The molecule has 0 unspecified atom stereocenters. The summed E-state index contributed by atoms with van der Waals surface area (Å²) in [6, 6.07) is 14.0. The Morgan fingerprint density at radius 2 is 1.62 bits per heavy atom. The van der Waals surface area contributed by atoms with E-state index in [1.807, 2.05) is 62.4 Å². The Bertz CT molecular complexity index is 1110. The fraction of sp³-hybridized carbons (Fsp3) is 0.500. The summed E-state index contributed by atoms with van der Waals surface area (Å²) in [5.74, 6) is -0.459. The van der Waals surface area contributed by atoms with Gasteiger partial charge in [-0.05, 0) is 50.2 Å². The Kier molecular flexibility index (Phi) is 9.25. The van der Waals surface area contributed by atoms with E-state index in [1.165, 1.54) is 0 Å². The van der Waals surface area contributed by atoms with E-state index in [-0.39, 0.29) is 29.6 Å². The molecule has 1 aliphatic heterocycles. The van der Waals surface area contributed by atoms with Crippen LogP contribution in [0.1, 0.15) is 65.2 Å². The van der Waals surface area contributed by atoms with Crippen LogP contribution >= 0.6 is 11.6 Å². The van der Waals surface area contributed by atoms with Gasteiger partial charge < -0.3 is 15.5 Å². The van der Waals surface area contributed by atoms with Crippen LogP contribution in [0.15, 0.2) is 48.5 Å². The van der Waals surface area contributed by atoms with Crippen molar-refractivity contribution >= 4 is 35.0 Å². The molecule has 3 atom stereocenters. The molecule has 2 N–H and O–H groups in total. The number of benzene rings is 2. The highest BCUT2D eigenvalue weighted by atomic mass is 35.5. The van der Waals surface area contributed by atoms with Gasteiger partial charge in [0.05, 0.1) is 0 Å². The van der Waals surface area contributed by atoms with Crippen molar-refractivity contribution < 1.29 is 14.4 Å². The third-order valence-corrected chi connectivity index (χ3v) is 8.26. The van der Waals surface area contributed by atoms with E-state index < -0.39 is 12.1 Å². The lowest BCUT2D eigenvalue weighted by atomic mass is 9.83. The van der Waals surface area contributed by atoms with Crippen LogP contribution in [0.4, 0.5) is 5.69 Å². The van der Waals surface area contributed by atoms with Gasteiger partial charge in [-0.25, -0.2) is 0 Å². The Morgan fingerprint density at radius 1 is 0.946 bits per heavy atom. The van der Waals surface area contributed by atoms with E-state index >= 15 is 0 Å². The van der Waals surface area contributed by atoms with Crippen LogP contribution in [0, 0.1) is 11.8 Å². The molecule has 3 amide bonds. The number of hydrogen-bond donors (Lipinski definition) is 2. The van der Waals surface area contributed by atoms with Crippen LogP contribution in [-0.2, 0) is 14.4 Å². The number of carbonyl (C=O) groups is 3. The second kappa shape index (κ2) is 12.6. The Morgan fingerprint density at radius 3 is 2.32 bits per heavy atom. The highest BCUT2D eigenvalue weighted by Crippen LogP contribution is 2.34. The monoisotopic (exact) mass is 523 g/mol. The number of amides is 3. The Hall–Kier alpha value is -2.86. The standard InChI is InChI=1S/C30H38ClN3O3/c1-3-20(2)28(35)33-27(21-12-5-4-6-13-21)30(37)34-19-11-18-26(34)29(36)32-25-17-10-8-15-23(25)22-14-7-9-16-24(22)31/h7-10,14-17,20-21,26-27H,3-6,11-13,18-19H2,1-2H3,(H,32,36)(H,33,35)/t20-,26+,27+/m1/s1. The summed E-state index contributed by atoms with van der Waals surface area (Å²) in [7, 11) is 0. The number of halogens is 1. The predicted molar refractivity (Wildman–Crippen MR) is 148 cm³/mol. The number of hydrogen-bond acceptors (Lipinski definition) is 3. The lowest BCUT2D eigenvalue weighted by molar-refractivity contribution is -0.142. The topological polar surface area (TPSA) is 78.5 Å². The van der Waals surface area contributed by atoms with Crippen molar-refractivity contribution in [3.8, 4) is 11.1 Å². The molecule has 0 aromatic heterocycles. The third kappa shape index (κ3) is 6.35. The zero-order valence-electron chi connectivity index (χ0n) is 21.8. The first-order valence-electron chi connectivity index (χ1n) is 13.7. The highest BCUT2D eigenvalue weighted by molar-refractivity contribution is 6.33. The molecule has 0 bridgehead atoms. The van der Waals surface area contributed by atoms with Crippen molar-refractivity contribution in [1.82, 2.24) is 10.2 Å². The van der Waals surface area contributed by atoms with Crippen molar-refractivity contribution in [2.45, 2.75) is 77.3 Å². The number of para-hydroxylation sites is 1. The molecule has 4 rings (SSSR count). The van der Waals surface area contributed by atoms with Crippen LogP contribution in [0.3, 0.4) is 0 Å². The lowest BCUT2D eigenvalue weighted by Crippen LogP contribution is -2.56. The maximum atomic E-state index is 13.9. The van der Waals surface area contributed by atoms with Crippen molar-refractivity contribution in [1.29, 1.82) is 0 Å². The zero-order chi connectivity index (χ0) is 26.4. The molecule has 6 nitrogen and oxygen atoms in total. The van der Waals surface area contributed by atoms with E-state index in [0.29, 0.717) is 23.7 Å². The van der Waals surface area contributed by atoms with E-state index in [2.05, 4.69) is 10.6 Å². The predicted octanol–water partition coefficient (Wildman–Crippen LogP) is 6.05. The summed E-state index contributed by atoms with van der Waals surface area (Å²) in [4.78, 5) is 42.0. The van der Waals surface area contributed by atoms with E-state index in [4.69, 9.17) is 11.6 Å². The summed E-state index contributed by atoms with van der Waals surface area (Å²) in [5.41, 5.74) is 2.33. The zero-order valence-corrected chi connectivity index (χ0v) is 22.6. The van der Waals surface area contributed by atoms with Gasteiger partial charge >= 0.3 is 0 Å². The summed E-state index contributed by atoms with van der Waals surface area (Å²) < 4.78 is 0. The fourth-order valence-electron chi connectivity index (χ4n) is 5.53. The van der Waals surface area contributed by atoms with Crippen molar-refractivity contribution in [2.75, 3.05) is 11.9 Å². The first-order chi connectivity index (χ1) is 17.9. The average molecular weight is 524 g/mol. The van der Waals surface area contributed by atoms with Crippen LogP contribution in [0.2, 0.25) is 5.02 Å². The minimum atomic E-state index is -0.578. The van der Waals surface area contributed by atoms with E-state index in [1.54, 1.807) is 4.90 Å². The number of likely N-dealkylation sites (tertiary alicyclic amines) is 1. The largest absolute Gasteiger partial charge is 0.344 e. The molecule has 2 aliphatic rings. The molecule has 0 spiro atoms. The molecule has 7 heteroatoms. The van der Waals surface area contributed by atoms with Gasteiger partial charge in [-0.15, -0.1) is 0 Å². The summed E-state index contributed by atoms with van der Waals surface area (Å²) in [5, 5.41) is 6.76. The summed E-state index contributed by atoms with van der Waals surface area (Å²) in [6.07, 6.45) is 7.22. The highest BCUT2D eigenvalue weighted by Gasteiger charge is 2.41. The lowest BCUT2D eigenvalue weighted by Gasteiger charge is -2.35. The van der Waals surface area contributed by atoms with Crippen LogP contribution in [0.5, 0.6) is 0 Å². The number of carbonyl (C=O) groups excluding carboxylic acids is 3. The molecule has 1 saturated carbocycles. The minimum Gasteiger partial charge on any atom is -0.344 e. The molecule has 2 aromatic rings. The smallest absolute Gasteiger partial charge is 0.247 e.